The molecular formula is C16H19FN2O. The summed E-state index contributed by atoms with van der Waals surface area (Å²) >= 11 is 0. The van der Waals surface area contributed by atoms with E-state index in [0.29, 0.717) is 6.42 Å². The Labute approximate surface area is 118 Å². The van der Waals surface area contributed by atoms with Crippen molar-refractivity contribution < 1.29 is 9.50 Å². The Morgan fingerprint density at radius 2 is 2.25 bits per heavy atom. The molecule has 1 heterocycles. The number of aliphatic hydroxyl groups excluding tert-OH is 1. The van der Waals surface area contributed by atoms with Crippen LogP contribution in [0.3, 0.4) is 0 Å². The summed E-state index contributed by atoms with van der Waals surface area (Å²) in [6.45, 7) is 2.64. The van der Waals surface area contributed by atoms with Gasteiger partial charge in [0.1, 0.15) is 5.82 Å². The maximum Gasteiger partial charge on any atom is 0.123 e. The van der Waals surface area contributed by atoms with E-state index in [0.717, 1.165) is 30.6 Å². The summed E-state index contributed by atoms with van der Waals surface area (Å²) in [7, 11) is 0. The number of hydrogen-bond donors (Lipinski definition) is 1. The number of nitriles is 1. The lowest BCUT2D eigenvalue weighted by Crippen LogP contribution is -2.30. The van der Waals surface area contributed by atoms with Crippen LogP contribution in [-0.2, 0) is 0 Å². The highest BCUT2D eigenvalue weighted by Crippen LogP contribution is 2.30. The first-order chi connectivity index (χ1) is 9.61. The number of likely N-dealkylation sites (tertiary alicyclic amines) is 1. The van der Waals surface area contributed by atoms with Crippen molar-refractivity contribution in [1.29, 1.82) is 5.26 Å². The predicted molar refractivity (Wildman–Crippen MR) is 76.0 cm³/mol. The van der Waals surface area contributed by atoms with Crippen molar-refractivity contribution in [2.24, 2.45) is 0 Å². The number of aliphatic hydroxyl groups is 1. The molecule has 1 aliphatic heterocycles. The smallest absolute Gasteiger partial charge is 0.123 e. The molecule has 1 N–H and O–H groups in total. The average Bonchev–Trinajstić information content (AvgIpc) is 2.84. The summed E-state index contributed by atoms with van der Waals surface area (Å²) in [4.78, 5) is 2.16. The molecule has 20 heavy (non-hydrogen) atoms. The molecule has 1 aromatic rings. The van der Waals surface area contributed by atoms with E-state index < -0.39 is 0 Å². The highest BCUT2D eigenvalue weighted by molar-refractivity contribution is 5.66. The molecule has 0 amide bonds. The van der Waals surface area contributed by atoms with Crippen molar-refractivity contribution in [1.82, 2.24) is 4.90 Å². The average molecular weight is 274 g/mol. The van der Waals surface area contributed by atoms with Gasteiger partial charge in [-0.2, -0.15) is 5.26 Å². The van der Waals surface area contributed by atoms with E-state index in [1.54, 1.807) is 19.1 Å². The first kappa shape index (κ1) is 14.5. The Kier molecular flexibility index (Phi) is 4.75. The second-order valence-corrected chi connectivity index (χ2v) is 5.24. The van der Waals surface area contributed by atoms with E-state index >= 15 is 0 Å². The molecule has 4 heteroatoms. The molecule has 0 bridgehead atoms. The molecule has 1 fully saturated rings. The first-order valence-electron chi connectivity index (χ1n) is 6.92. The lowest BCUT2D eigenvalue weighted by Gasteiger charge is -2.30. The van der Waals surface area contributed by atoms with Gasteiger partial charge in [-0.05, 0) is 56.0 Å². The Morgan fingerprint density at radius 1 is 1.55 bits per heavy atom. The highest BCUT2D eigenvalue weighted by Gasteiger charge is 2.27. The van der Waals surface area contributed by atoms with Gasteiger partial charge in [0.15, 0.2) is 0 Å². The molecular weight excluding hydrogens is 255 g/mol. The summed E-state index contributed by atoms with van der Waals surface area (Å²) in [6.07, 6.45) is 3.88. The number of hydrogen-bond acceptors (Lipinski definition) is 3. The van der Waals surface area contributed by atoms with Crippen LogP contribution in [0, 0.1) is 17.1 Å². The minimum Gasteiger partial charge on any atom is -0.393 e. The zero-order chi connectivity index (χ0) is 14.5. The van der Waals surface area contributed by atoms with Crippen LogP contribution in [0.2, 0.25) is 0 Å². The predicted octanol–water partition coefficient (Wildman–Crippen LogP) is 2.93. The third-order valence-corrected chi connectivity index (χ3v) is 3.64. The van der Waals surface area contributed by atoms with E-state index in [1.807, 2.05) is 0 Å². The Bertz CT molecular complexity index is 516. The molecule has 0 aromatic heterocycles. The van der Waals surface area contributed by atoms with Gasteiger partial charge in [0.05, 0.1) is 17.9 Å². The highest BCUT2D eigenvalue weighted by atomic mass is 19.1. The van der Waals surface area contributed by atoms with Gasteiger partial charge in [0, 0.05) is 18.7 Å². The molecule has 0 spiro atoms. The van der Waals surface area contributed by atoms with Crippen LogP contribution >= 0.6 is 0 Å². The van der Waals surface area contributed by atoms with Crippen LogP contribution in [0.4, 0.5) is 4.39 Å². The van der Waals surface area contributed by atoms with Crippen molar-refractivity contribution >= 4 is 5.70 Å². The summed E-state index contributed by atoms with van der Waals surface area (Å²) in [6, 6.07) is 8.50. The summed E-state index contributed by atoms with van der Waals surface area (Å²) < 4.78 is 13.0. The molecule has 1 saturated heterocycles. The summed E-state index contributed by atoms with van der Waals surface area (Å²) in [5.74, 6) is -0.285. The second-order valence-electron chi connectivity index (χ2n) is 5.24. The number of benzene rings is 1. The van der Waals surface area contributed by atoms with Gasteiger partial charge < -0.3 is 10.0 Å². The van der Waals surface area contributed by atoms with Gasteiger partial charge in [0.25, 0.3) is 0 Å². The minimum absolute atomic E-state index is 0.236. The van der Waals surface area contributed by atoms with Gasteiger partial charge in [-0.15, -0.1) is 0 Å². The molecule has 1 aromatic carbocycles. The fourth-order valence-electron chi connectivity index (χ4n) is 2.81. The van der Waals surface area contributed by atoms with Crippen LogP contribution < -0.4 is 0 Å². The number of halogens is 1. The zero-order valence-corrected chi connectivity index (χ0v) is 11.6. The van der Waals surface area contributed by atoms with E-state index in [-0.39, 0.29) is 18.0 Å². The van der Waals surface area contributed by atoms with Gasteiger partial charge in [-0.3, -0.25) is 0 Å². The van der Waals surface area contributed by atoms with Crippen molar-refractivity contribution in [2.45, 2.75) is 38.3 Å². The fraction of sp³-hybridized carbons (Fsp3) is 0.438. The zero-order valence-electron chi connectivity index (χ0n) is 11.6. The Hall–Kier alpha value is -1.86. The van der Waals surface area contributed by atoms with Gasteiger partial charge in [-0.25, -0.2) is 4.39 Å². The normalized spacial score (nSPS) is 20.8. The molecule has 2 atom stereocenters. The minimum atomic E-state index is -0.364. The first-order valence-corrected chi connectivity index (χ1v) is 6.92. The van der Waals surface area contributed by atoms with E-state index in [1.165, 1.54) is 18.2 Å². The maximum absolute atomic E-state index is 13.0. The SMILES string of the molecule is CC(O)CC1CCCN1/C(=C/C#N)c1ccc(F)cc1. The number of allylic oxidation sites excluding steroid dienone is 1. The third-order valence-electron chi connectivity index (χ3n) is 3.64. The van der Waals surface area contributed by atoms with Crippen LogP contribution in [0.25, 0.3) is 5.70 Å². The fourth-order valence-corrected chi connectivity index (χ4v) is 2.81. The summed E-state index contributed by atoms with van der Waals surface area (Å²) in [5.41, 5.74) is 1.65. The molecule has 0 radical (unpaired) electrons. The van der Waals surface area contributed by atoms with Crippen molar-refractivity contribution in [3.8, 4) is 6.07 Å². The second kappa shape index (κ2) is 6.53. The maximum atomic E-state index is 13.0. The standard InChI is InChI=1S/C16H19FN2O/c1-12(20)11-15-3-2-10-19(15)16(8-9-18)13-4-6-14(17)7-5-13/h4-8,12,15,20H,2-3,10-11H2,1H3/b16-8+. The van der Waals surface area contributed by atoms with Crippen LogP contribution in [0.15, 0.2) is 30.3 Å². The van der Waals surface area contributed by atoms with Crippen molar-refractivity contribution in [2.75, 3.05) is 6.54 Å². The lowest BCUT2D eigenvalue weighted by atomic mass is 10.1. The molecule has 2 unspecified atom stereocenters. The summed E-state index contributed by atoms with van der Waals surface area (Å²) in [5, 5.41) is 18.6. The third kappa shape index (κ3) is 3.37. The van der Waals surface area contributed by atoms with Gasteiger partial charge in [-0.1, -0.05) is 0 Å². The molecule has 2 rings (SSSR count). The molecule has 1 aliphatic rings. The quantitative estimate of drug-likeness (QED) is 0.859. The van der Waals surface area contributed by atoms with Gasteiger partial charge in [0.2, 0.25) is 0 Å². The van der Waals surface area contributed by atoms with E-state index in [9.17, 15) is 9.50 Å². The van der Waals surface area contributed by atoms with Crippen LogP contribution in [0.1, 0.15) is 31.7 Å². The molecule has 3 nitrogen and oxygen atoms in total. The van der Waals surface area contributed by atoms with Crippen molar-refractivity contribution in [3.05, 3.63) is 41.7 Å². The van der Waals surface area contributed by atoms with E-state index in [2.05, 4.69) is 11.0 Å². The Morgan fingerprint density at radius 3 is 2.85 bits per heavy atom. The number of nitrogens with zero attached hydrogens (tertiary/aromatic N) is 2. The van der Waals surface area contributed by atoms with E-state index in [4.69, 9.17) is 5.26 Å². The monoisotopic (exact) mass is 274 g/mol. The lowest BCUT2D eigenvalue weighted by molar-refractivity contribution is 0.153. The van der Waals surface area contributed by atoms with Crippen LogP contribution in [-0.4, -0.2) is 28.7 Å². The molecule has 106 valence electrons. The Balaban J connectivity index is 2.27. The largest absolute Gasteiger partial charge is 0.393 e. The molecule has 0 aliphatic carbocycles. The van der Waals surface area contributed by atoms with Gasteiger partial charge >= 0.3 is 0 Å². The number of rotatable bonds is 4. The molecule has 0 saturated carbocycles. The van der Waals surface area contributed by atoms with Crippen LogP contribution in [0.5, 0.6) is 0 Å². The van der Waals surface area contributed by atoms with Crippen molar-refractivity contribution in [3.63, 3.8) is 0 Å². The topological polar surface area (TPSA) is 47.3 Å².